The Kier molecular flexibility index (Phi) is 6.19. The average molecular weight is 396 g/mol. The van der Waals surface area contributed by atoms with Crippen molar-refractivity contribution in [2.75, 3.05) is 11.1 Å². The van der Waals surface area contributed by atoms with Crippen LogP contribution in [-0.2, 0) is 4.79 Å². The standard InChI is InChI=1S/C22H25N3O2S/c1-5-15(3)25-21(27)17-10-6-7-11-19(17)24-22(25)28-13-20(26)23-18-12-8-9-14(2)16(18)4/h6-12,15H,5,13H2,1-4H3,(H,23,26)/t15-/m1/s1. The molecule has 0 unspecified atom stereocenters. The highest BCUT2D eigenvalue weighted by Crippen LogP contribution is 2.23. The van der Waals surface area contributed by atoms with Crippen LogP contribution in [-0.4, -0.2) is 21.2 Å². The third-order valence-corrected chi connectivity index (χ3v) is 5.97. The Morgan fingerprint density at radius 2 is 1.93 bits per heavy atom. The van der Waals surface area contributed by atoms with Gasteiger partial charge in [0.15, 0.2) is 5.16 Å². The number of fused-ring (bicyclic) bond motifs is 1. The molecule has 0 bridgehead atoms. The van der Waals surface area contributed by atoms with Crippen molar-refractivity contribution in [1.82, 2.24) is 9.55 Å². The predicted molar refractivity (Wildman–Crippen MR) is 116 cm³/mol. The van der Waals surface area contributed by atoms with E-state index in [0.717, 1.165) is 23.2 Å². The second-order valence-electron chi connectivity index (χ2n) is 6.93. The van der Waals surface area contributed by atoms with Crippen LogP contribution >= 0.6 is 11.8 Å². The van der Waals surface area contributed by atoms with E-state index in [1.807, 2.05) is 64.1 Å². The third kappa shape index (κ3) is 4.12. The summed E-state index contributed by atoms with van der Waals surface area (Å²) in [4.78, 5) is 30.1. The van der Waals surface area contributed by atoms with Crippen molar-refractivity contribution < 1.29 is 4.79 Å². The van der Waals surface area contributed by atoms with Crippen LogP contribution in [0.5, 0.6) is 0 Å². The molecule has 1 amide bonds. The fourth-order valence-corrected chi connectivity index (χ4v) is 3.90. The van der Waals surface area contributed by atoms with E-state index in [-0.39, 0.29) is 23.3 Å². The lowest BCUT2D eigenvalue weighted by Crippen LogP contribution is -2.26. The summed E-state index contributed by atoms with van der Waals surface area (Å²) < 4.78 is 1.71. The maximum Gasteiger partial charge on any atom is 0.262 e. The van der Waals surface area contributed by atoms with Gasteiger partial charge < -0.3 is 5.32 Å². The van der Waals surface area contributed by atoms with E-state index >= 15 is 0 Å². The number of nitrogens with one attached hydrogen (secondary N) is 1. The first kappa shape index (κ1) is 20.1. The number of amides is 1. The van der Waals surface area contributed by atoms with Gasteiger partial charge in [0, 0.05) is 11.7 Å². The Labute approximate surface area is 169 Å². The summed E-state index contributed by atoms with van der Waals surface area (Å²) in [6, 6.07) is 13.2. The lowest BCUT2D eigenvalue weighted by molar-refractivity contribution is -0.113. The smallest absolute Gasteiger partial charge is 0.262 e. The SMILES string of the molecule is CC[C@@H](C)n1c(SCC(=O)Nc2cccc(C)c2C)nc2ccccc2c1=O. The molecule has 3 rings (SSSR count). The highest BCUT2D eigenvalue weighted by molar-refractivity contribution is 7.99. The Morgan fingerprint density at radius 1 is 1.18 bits per heavy atom. The van der Waals surface area contributed by atoms with E-state index in [0.29, 0.717) is 16.1 Å². The molecule has 1 N–H and O–H groups in total. The van der Waals surface area contributed by atoms with E-state index in [1.165, 1.54) is 11.8 Å². The largest absolute Gasteiger partial charge is 0.325 e. The van der Waals surface area contributed by atoms with Crippen molar-refractivity contribution in [2.45, 2.75) is 45.3 Å². The highest BCUT2D eigenvalue weighted by Gasteiger charge is 2.17. The molecule has 1 atom stereocenters. The first-order valence-corrected chi connectivity index (χ1v) is 10.4. The Balaban J connectivity index is 1.86. The number of para-hydroxylation sites is 1. The van der Waals surface area contributed by atoms with Gasteiger partial charge in [-0.15, -0.1) is 0 Å². The summed E-state index contributed by atoms with van der Waals surface area (Å²) in [5, 5.41) is 4.14. The van der Waals surface area contributed by atoms with E-state index < -0.39 is 0 Å². The van der Waals surface area contributed by atoms with Crippen molar-refractivity contribution >= 4 is 34.3 Å². The minimum atomic E-state index is -0.114. The number of carbonyl (C=O) groups excluding carboxylic acids is 1. The summed E-state index contributed by atoms with van der Waals surface area (Å²) >= 11 is 1.30. The van der Waals surface area contributed by atoms with Crippen LogP contribution in [0.25, 0.3) is 10.9 Å². The number of thioether (sulfide) groups is 1. The predicted octanol–water partition coefficient (Wildman–Crippen LogP) is 4.72. The van der Waals surface area contributed by atoms with Crippen molar-refractivity contribution in [2.24, 2.45) is 0 Å². The van der Waals surface area contributed by atoms with Gasteiger partial charge in [0.25, 0.3) is 5.56 Å². The lowest BCUT2D eigenvalue weighted by atomic mass is 10.1. The number of anilines is 1. The Bertz CT molecular complexity index is 1080. The molecule has 3 aromatic rings. The molecular weight excluding hydrogens is 370 g/mol. The van der Waals surface area contributed by atoms with Gasteiger partial charge in [-0.2, -0.15) is 0 Å². The third-order valence-electron chi connectivity index (χ3n) is 5.02. The van der Waals surface area contributed by atoms with Crippen LogP contribution < -0.4 is 10.9 Å². The molecule has 0 aliphatic heterocycles. The second kappa shape index (κ2) is 8.61. The second-order valence-corrected chi connectivity index (χ2v) is 7.87. The summed E-state index contributed by atoms with van der Waals surface area (Å²) in [5.41, 5.74) is 3.60. The molecule has 0 saturated carbocycles. The van der Waals surface area contributed by atoms with Gasteiger partial charge in [-0.1, -0.05) is 43.0 Å². The number of carbonyl (C=O) groups is 1. The van der Waals surface area contributed by atoms with E-state index in [1.54, 1.807) is 10.6 Å². The van der Waals surface area contributed by atoms with Crippen LogP contribution in [0.3, 0.4) is 0 Å². The van der Waals surface area contributed by atoms with Gasteiger partial charge in [-0.3, -0.25) is 14.2 Å². The maximum atomic E-state index is 13.0. The fraction of sp³-hybridized carbons (Fsp3) is 0.318. The summed E-state index contributed by atoms with van der Waals surface area (Å²) in [6.07, 6.45) is 0.808. The molecule has 1 aromatic heterocycles. The zero-order valence-electron chi connectivity index (χ0n) is 16.7. The normalized spacial score (nSPS) is 12.1. The molecule has 0 aliphatic rings. The minimum absolute atomic E-state index is 0.00850. The minimum Gasteiger partial charge on any atom is -0.325 e. The van der Waals surface area contributed by atoms with Crippen molar-refractivity contribution in [3.63, 3.8) is 0 Å². The number of aryl methyl sites for hydroxylation is 1. The molecule has 0 radical (unpaired) electrons. The van der Waals surface area contributed by atoms with E-state index in [9.17, 15) is 9.59 Å². The number of hydrogen-bond acceptors (Lipinski definition) is 4. The highest BCUT2D eigenvalue weighted by atomic mass is 32.2. The summed E-state index contributed by atoms with van der Waals surface area (Å²) in [6.45, 7) is 8.04. The molecule has 0 aliphatic carbocycles. The number of hydrogen-bond donors (Lipinski definition) is 1. The molecule has 6 heteroatoms. The topological polar surface area (TPSA) is 64.0 Å². The van der Waals surface area contributed by atoms with Crippen LogP contribution in [0, 0.1) is 13.8 Å². The van der Waals surface area contributed by atoms with Gasteiger partial charge in [-0.25, -0.2) is 4.98 Å². The summed E-state index contributed by atoms with van der Waals surface area (Å²) in [7, 11) is 0. The van der Waals surface area contributed by atoms with Crippen molar-refractivity contribution in [3.05, 3.63) is 63.9 Å². The number of benzene rings is 2. The fourth-order valence-electron chi connectivity index (χ4n) is 3.00. The average Bonchev–Trinajstić information content (AvgIpc) is 2.69. The molecule has 28 heavy (non-hydrogen) atoms. The monoisotopic (exact) mass is 395 g/mol. The molecule has 0 fully saturated rings. The quantitative estimate of drug-likeness (QED) is 0.485. The molecule has 1 heterocycles. The molecule has 5 nitrogen and oxygen atoms in total. The molecule has 146 valence electrons. The number of nitrogens with zero attached hydrogens (tertiary/aromatic N) is 2. The van der Waals surface area contributed by atoms with Crippen LogP contribution in [0.1, 0.15) is 37.4 Å². The molecule has 2 aromatic carbocycles. The van der Waals surface area contributed by atoms with Crippen molar-refractivity contribution in [1.29, 1.82) is 0 Å². The van der Waals surface area contributed by atoms with Gasteiger partial charge in [0.2, 0.25) is 5.91 Å². The lowest BCUT2D eigenvalue weighted by Gasteiger charge is -2.18. The summed E-state index contributed by atoms with van der Waals surface area (Å²) in [5.74, 6) is 0.0750. The first-order valence-electron chi connectivity index (χ1n) is 9.42. The molecular formula is C22H25N3O2S. The van der Waals surface area contributed by atoms with Crippen LogP contribution in [0.4, 0.5) is 5.69 Å². The van der Waals surface area contributed by atoms with Gasteiger partial charge in [0.05, 0.1) is 16.7 Å². The van der Waals surface area contributed by atoms with Crippen LogP contribution in [0.2, 0.25) is 0 Å². The zero-order valence-corrected chi connectivity index (χ0v) is 17.5. The molecule has 0 spiro atoms. The Morgan fingerprint density at radius 3 is 2.68 bits per heavy atom. The maximum absolute atomic E-state index is 13.0. The zero-order chi connectivity index (χ0) is 20.3. The number of aromatic nitrogens is 2. The van der Waals surface area contributed by atoms with Crippen LogP contribution in [0.15, 0.2) is 52.4 Å². The molecule has 0 saturated heterocycles. The van der Waals surface area contributed by atoms with Crippen molar-refractivity contribution in [3.8, 4) is 0 Å². The van der Waals surface area contributed by atoms with E-state index in [4.69, 9.17) is 0 Å². The Hall–Kier alpha value is -2.60. The number of rotatable bonds is 6. The van der Waals surface area contributed by atoms with Gasteiger partial charge in [0.1, 0.15) is 0 Å². The first-order chi connectivity index (χ1) is 13.4. The van der Waals surface area contributed by atoms with E-state index in [2.05, 4.69) is 10.3 Å². The van der Waals surface area contributed by atoms with Gasteiger partial charge in [-0.05, 0) is 56.5 Å². The van der Waals surface area contributed by atoms with Gasteiger partial charge >= 0.3 is 0 Å².